The lowest BCUT2D eigenvalue weighted by Crippen LogP contribution is -2.38. The highest BCUT2D eigenvalue weighted by Gasteiger charge is 2.26. The van der Waals surface area contributed by atoms with E-state index in [9.17, 15) is 21.6 Å². The molecule has 0 aromatic rings. The molecule has 1 aliphatic rings. The van der Waals surface area contributed by atoms with Crippen LogP contribution >= 0.6 is 0 Å². The van der Waals surface area contributed by atoms with E-state index in [4.69, 9.17) is 5.11 Å². The first-order valence-electron chi connectivity index (χ1n) is 3.83. The minimum atomic E-state index is -3.98. The van der Waals surface area contributed by atoms with Gasteiger partial charge in [-0.15, -0.1) is 0 Å². The standard InChI is InChI=1S/C6H9NO6S2/c8-6(9)4-15(12,13)7-5-1-2-14(10,11)3-5/h1-2,5,7H,3-4H2,(H,8,9). The van der Waals surface area contributed by atoms with Crippen LogP contribution in [-0.2, 0) is 24.7 Å². The lowest BCUT2D eigenvalue weighted by molar-refractivity contribution is -0.134. The van der Waals surface area contributed by atoms with Crippen molar-refractivity contribution in [2.45, 2.75) is 6.04 Å². The highest BCUT2D eigenvalue weighted by molar-refractivity contribution is 7.94. The zero-order valence-corrected chi connectivity index (χ0v) is 9.08. The second-order valence-corrected chi connectivity index (χ2v) is 6.72. The summed E-state index contributed by atoms with van der Waals surface area (Å²) in [6.45, 7) is 0. The maximum absolute atomic E-state index is 11.1. The number of sulfone groups is 1. The van der Waals surface area contributed by atoms with Crippen molar-refractivity contribution in [3.05, 3.63) is 11.5 Å². The Morgan fingerprint density at radius 3 is 2.53 bits per heavy atom. The van der Waals surface area contributed by atoms with E-state index in [0.717, 1.165) is 5.41 Å². The van der Waals surface area contributed by atoms with Crippen LogP contribution in [0.25, 0.3) is 0 Å². The summed E-state index contributed by atoms with van der Waals surface area (Å²) in [5.41, 5.74) is 0. The summed E-state index contributed by atoms with van der Waals surface area (Å²) >= 11 is 0. The molecule has 1 heterocycles. The molecule has 1 atom stereocenters. The molecule has 2 N–H and O–H groups in total. The fourth-order valence-corrected chi connectivity index (χ4v) is 3.46. The molecule has 1 unspecified atom stereocenters. The topological polar surface area (TPSA) is 118 Å². The van der Waals surface area contributed by atoms with Gasteiger partial charge in [0.2, 0.25) is 10.0 Å². The monoisotopic (exact) mass is 255 g/mol. The Hall–Kier alpha value is -0.930. The quantitative estimate of drug-likeness (QED) is 0.618. The van der Waals surface area contributed by atoms with Gasteiger partial charge in [0.25, 0.3) is 0 Å². The lowest BCUT2D eigenvalue weighted by Gasteiger charge is -2.08. The van der Waals surface area contributed by atoms with Crippen molar-refractivity contribution in [2.75, 3.05) is 11.5 Å². The zero-order chi connectivity index (χ0) is 11.7. The zero-order valence-electron chi connectivity index (χ0n) is 7.45. The van der Waals surface area contributed by atoms with E-state index in [1.165, 1.54) is 6.08 Å². The summed E-state index contributed by atoms with van der Waals surface area (Å²) in [6, 6.07) is -0.876. The molecule has 1 rings (SSSR count). The van der Waals surface area contributed by atoms with Gasteiger partial charge in [0.15, 0.2) is 15.6 Å². The molecule has 0 saturated carbocycles. The van der Waals surface area contributed by atoms with Gasteiger partial charge in [0.05, 0.1) is 11.8 Å². The molecule has 0 bridgehead atoms. The van der Waals surface area contributed by atoms with E-state index in [0.29, 0.717) is 0 Å². The summed E-state index contributed by atoms with van der Waals surface area (Å²) in [5.74, 6) is -2.93. The third-order valence-electron chi connectivity index (χ3n) is 1.57. The average molecular weight is 255 g/mol. The van der Waals surface area contributed by atoms with Crippen LogP contribution in [0.1, 0.15) is 0 Å². The Bertz CT molecular complexity index is 488. The van der Waals surface area contributed by atoms with E-state index in [1.54, 1.807) is 0 Å². The van der Waals surface area contributed by atoms with Gasteiger partial charge in [0.1, 0.15) is 0 Å². The van der Waals surface area contributed by atoms with Crippen LogP contribution in [0.5, 0.6) is 0 Å². The van der Waals surface area contributed by atoms with E-state index >= 15 is 0 Å². The Labute approximate surface area is 86.8 Å². The van der Waals surface area contributed by atoms with Gasteiger partial charge in [0, 0.05) is 5.41 Å². The molecule has 0 aromatic carbocycles. The highest BCUT2D eigenvalue weighted by atomic mass is 32.2. The van der Waals surface area contributed by atoms with Crippen LogP contribution in [0.4, 0.5) is 0 Å². The van der Waals surface area contributed by atoms with Crippen molar-refractivity contribution in [3.63, 3.8) is 0 Å². The van der Waals surface area contributed by atoms with Crippen LogP contribution in [0.2, 0.25) is 0 Å². The number of carboxylic acids is 1. The fourth-order valence-electron chi connectivity index (χ4n) is 1.08. The number of hydrogen-bond acceptors (Lipinski definition) is 5. The molecule has 86 valence electrons. The summed E-state index contributed by atoms with van der Waals surface area (Å²) in [4.78, 5) is 10.2. The minimum absolute atomic E-state index is 0.369. The van der Waals surface area contributed by atoms with Gasteiger partial charge in [-0.1, -0.05) is 6.08 Å². The molecule has 0 aliphatic carbocycles. The maximum Gasteiger partial charge on any atom is 0.320 e. The van der Waals surface area contributed by atoms with Crippen LogP contribution in [-0.4, -0.2) is 45.5 Å². The summed E-state index contributed by atoms with van der Waals surface area (Å²) in [6.07, 6.45) is 1.18. The smallest absolute Gasteiger partial charge is 0.320 e. The Morgan fingerprint density at radius 2 is 2.13 bits per heavy atom. The third-order valence-corrected chi connectivity index (χ3v) is 4.26. The molecule has 0 fully saturated rings. The number of carbonyl (C=O) groups is 1. The van der Waals surface area contributed by atoms with Crippen LogP contribution < -0.4 is 4.72 Å². The molecule has 1 aliphatic heterocycles. The maximum atomic E-state index is 11.1. The molecular weight excluding hydrogens is 246 g/mol. The van der Waals surface area contributed by atoms with Crippen molar-refractivity contribution in [3.8, 4) is 0 Å². The van der Waals surface area contributed by atoms with Gasteiger partial charge < -0.3 is 5.11 Å². The van der Waals surface area contributed by atoms with Crippen LogP contribution in [0.15, 0.2) is 11.5 Å². The Balaban J connectivity index is 2.66. The average Bonchev–Trinajstić information content (AvgIpc) is 2.25. The molecule has 0 radical (unpaired) electrons. The van der Waals surface area contributed by atoms with Crippen molar-refractivity contribution >= 4 is 25.8 Å². The van der Waals surface area contributed by atoms with Crippen molar-refractivity contribution in [1.29, 1.82) is 0 Å². The van der Waals surface area contributed by atoms with Crippen molar-refractivity contribution in [1.82, 2.24) is 4.72 Å². The minimum Gasteiger partial charge on any atom is -0.480 e. The Morgan fingerprint density at radius 1 is 1.53 bits per heavy atom. The van der Waals surface area contributed by atoms with Gasteiger partial charge >= 0.3 is 5.97 Å². The Kier molecular flexibility index (Phi) is 3.16. The van der Waals surface area contributed by atoms with E-state index in [-0.39, 0.29) is 5.75 Å². The predicted molar refractivity (Wildman–Crippen MR) is 51.3 cm³/mol. The molecule has 0 amide bonds. The van der Waals surface area contributed by atoms with E-state index in [2.05, 4.69) is 0 Å². The van der Waals surface area contributed by atoms with Crippen molar-refractivity contribution in [2.24, 2.45) is 0 Å². The van der Waals surface area contributed by atoms with Crippen LogP contribution in [0.3, 0.4) is 0 Å². The van der Waals surface area contributed by atoms with Crippen molar-refractivity contribution < 1.29 is 26.7 Å². The van der Waals surface area contributed by atoms with E-state index in [1.807, 2.05) is 4.72 Å². The van der Waals surface area contributed by atoms with E-state index < -0.39 is 37.6 Å². The second kappa shape index (κ2) is 3.91. The largest absolute Gasteiger partial charge is 0.480 e. The normalized spacial score (nSPS) is 24.1. The molecule has 15 heavy (non-hydrogen) atoms. The number of hydrogen-bond donors (Lipinski definition) is 2. The first-order valence-corrected chi connectivity index (χ1v) is 7.20. The number of rotatable bonds is 4. The van der Waals surface area contributed by atoms with Gasteiger partial charge in [-0.05, 0) is 0 Å². The number of sulfonamides is 1. The first-order chi connectivity index (χ1) is 6.70. The highest BCUT2D eigenvalue weighted by Crippen LogP contribution is 2.08. The second-order valence-electron chi connectivity index (χ2n) is 3.04. The van der Waals surface area contributed by atoms with Crippen LogP contribution in [0, 0.1) is 0 Å². The molecule has 7 nitrogen and oxygen atoms in total. The first kappa shape index (κ1) is 12.1. The lowest BCUT2D eigenvalue weighted by atomic mass is 10.4. The summed E-state index contributed by atoms with van der Waals surface area (Å²) in [5, 5.41) is 9.17. The summed E-state index contributed by atoms with van der Waals surface area (Å²) < 4.78 is 46.0. The van der Waals surface area contributed by atoms with Gasteiger partial charge in [-0.3, -0.25) is 4.79 Å². The fraction of sp³-hybridized carbons (Fsp3) is 0.500. The number of nitrogens with one attached hydrogen (secondary N) is 1. The molecule has 0 saturated heterocycles. The predicted octanol–water partition coefficient (Wildman–Crippen LogP) is -1.70. The SMILES string of the molecule is O=C(O)CS(=O)(=O)NC1C=CS(=O)(=O)C1. The molecule has 0 spiro atoms. The molecule has 0 aromatic heterocycles. The molecule has 9 heteroatoms. The third kappa shape index (κ3) is 3.98. The van der Waals surface area contributed by atoms with Gasteiger partial charge in [-0.2, -0.15) is 0 Å². The summed E-state index contributed by atoms with van der Waals surface area (Å²) in [7, 11) is -7.33. The number of carboxylic acid groups (broad SMARTS) is 1. The van der Waals surface area contributed by atoms with Gasteiger partial charge in [-0.25, -0.2) is 21.6 Å². The molecular formula is C6H9NO6S2. The number of aliphatic carboxylic acids is 1.